The second-order valence-electron chi connectivity index (χ2n) is 5.57. The first-order valence-electron chi connectivity index (χ1n) is 6.84. The molecule has 2 aliphatic rings. The molecule has 0 amide bonds. The van der Waals surface area contributed by atoms with Crippen LogP contribution in [0.4, 0.5) is 5.69 Å². The van der Waals surface area contributed by atoms with Crippen molar-refractivity contribution >= 4 is 23.1 Å². The van der Waals surface area contributed by atoms with Crippen LogP contribution in [0.1, 0.15) is 22.8 Å². The zero-order valence-corrected chi connectivity index (χ0v) is 12.4. The molecule has 2 atom stereocenters. The lowest BCUT2D eigenvalue weighted by Crippen LogP contribution is -2.53. The van der Waals surface area contributed by atoms with E-state index in [1.807, 2.05) is 0 Å². The highest BCUT2D eigenvalue weighted by atomic mass is 35.5. The van der Waals surface area contributed by atoms with Gasteiger partial charge < -0.3 is 5.11 Å². The van der Waals surface area contributed by atoms with E-state index in [1.165, 1.54) is 5.01 Å². The molecule has 0 fully saturated rings. The number of fused-ring (bicyclic) bond motifs is 3. The van der Waals surface area contributed by atoms with E-state index in [2.05, 4.69) is 10.3 Å². The van der Waals surface area contributed by atoms with Crippen LogP contribution in [-0.2, 0) is 5.72 Å². The SMILES string of the molecule is CC12N=NN(c3ccccc3Cl)C1(O)c1ccccc1C2=O. The van der Waals surface area contributed by atoms with Crippen LogP contribution in [-0.4, -0.2) is 16.4 Å². The number of aliphatic hydroxyl groups is 1. The Kier molecular flexibility index (Phi) is 2.53. The molecule has 1 heterocycles. The number of carbonyl (C=O) groups excluding carboxylic acids is 1. The van der Waals surface area contributed by atoms with Crippen LogP contribution < -0.4 is 5.01 Å². The summed E-state index contributed by atoms with van der Waals surface area (Å²) in [5, 5.41) is 21.3. The average Bonchev–Trinajstić information content (AvgIpc) is 2.89. The summed E-state index contributed by atoms with van der Waals surface area (Å²) in [4.78, 5) is 12.7. The summed E-state index contributed by atoms with van der Waals surface area (Å²) in [5.74, 6) is -0.246. The first kappa shape index (κ1) is 13.4. The predicted octanol–water partition coefficient (Wildman–Crippen LogP) is 3.33. The molecule has 0 spiro atoms. The highest BCUT2D eigenvalue weighted by Gasteiger charge is 2.68. The minimum Gasteiger partial charge on any atom is -0.363 e. The maximum Gasteiger partial charge on any atom is 0.221 e. The molecule has 0 bridgehead atoms. The number of rotatable bonds is 1. The van der Waals surface area contributed by atoms with E-state index in [-0.39, 0.29) is 5.78 Å². The fourth-order valence-corrected chi connectivity index (χ4v) is 3.36. The Labute approximate surface area is 131 Å². The van der Waals surface area contributed by atoms with Crippen molar-refractivity contribution in [1.82, 2.24) is 0 Å². The van der Waals surface area contributed by atoms with Crippen LogP contribution in [0.5, 0.6) is 0 Å². The van der Waals surface area contributed by atoms with Gasteiger partial charge in [-0.2, -0.15) is 5.11 Å². The van der Waals surface area contributed by atoms with Crippen molar-refractivity contribution in [3.63, 3.8) is 0 Å². The minimum absolute atomic E-state index is 0.246. The Morgan fingerprint density at radius 1 is 1.14 bits per heavy atom. The highest BCUT2D eigenvalue weighted by molar-refractivity contribution is 6.33. The maximum atomic E-state index is 12.7. The molecule has 4 rings (SSSR count). The Morgan fingerprint density at radius 2 is 1.82 bits per heavy atom. The quantitative estimate of drug-likeness (QED) is 0.878. The molecule has 0 radical (unpaired) electrons. The standard InChI is InChI=1S/C16H12ClN3O2/c1-15-14(21)10-6-2-3-7-11(10)16(15,22)20(19-18-15)13-9-5-4-8-12(13)17/h2-9,22H,1H3. The molecule has 0 saturated heterocycles. The van der Waals surface area contributed by atoms with Gasteiger partial charge in [-0.15, -0.1) is 0 Å². The van der Waals surface area contributed by atoms with E-state index < -0.39 is 11.3 Å². The molecule has 5 nitrogen and oxygen atoms in total. The summed E-state index contributed by atoms with van der Waals surface area (Å²) in [6, 6.07) is 14.0. The molecule has 1 aliphatic carbocycles. The molecule has 1 aliphatic heterocycles. The van der Waals surface area contributed by atoms with Crippen molar-refractivity contribution in [3.05, 3.63) is 64.7 Å². The van der Waals surface area contributed by atoms with Crippen LogP contribution in [0.25, 0.3) is 0 Å². The Morgan fingerprint density at radius 3 is 2.59 bits per heavy atom. The van der Waals surface area contributed by atoms with Gasteiger partial charge in [0, 0.05) is 11.1 Å². The fourth-order valence-electron chi connectivity index (χ4n) is 3.15. The van der Waals surface area contributed by atoms with Gasteiger partial charge in [0.15, 0.2) is 11.3 Å². The van der Waals surface area contributed by atoms with Crippen molar-refractivity contribution in [3.8, 4) is 0 Å². The predicted molar refractivity (Wildman–Crippen MR) is 81.9 cm³/mol. The normalized spacial score (nSPS) is 28.9. The molecule has 2 aromatic carbocycles. The van der Waals surface area contributed by atoms with Crippen molar-refractivity contribution in [1.29, 1.82) is 0 Å². The van der Waals surface area contributed by atoms with E-state index in [0.717, 1.165) is 0 Å². The van der Waals surface area contributed by atoms with Crippen LogP contribution in [0.15, 0.2) is 58.9 Å². The third-order valence-electron chi connectivity index (χ3n) is 4.39. The Bertz CT molecular complexity index is 838. The summed E-state index contributed by atoms with van der Waals surface area (Å²) >= 11 is 6.23. The van der Waals surface area contributed by atoms with Gasteiger partial charge in [0.05, 0.1) is 10.7 Å². The number of halogens is 1. The van der Waals surface area contributed by atoms with E-state index in [1.54, 1.807) is 55.5 Å². The molecule has 2 unspecified atom stereocenters. The zero-order chi connectivity index (χ0) is 15.5. The number of hydrogen-bond donors (Lipinski definition) is 1. The molecule has 22 heavy (non-hydrogen) atoms. The summed E-state index contributed by atoms with van der Waals surface area (Å²) in [7, 11) is 0. The number of anilines is 1. The van der Waals surface area contributed by atoms with Crippen LogP contribution in [0.2, 0.25) is 5.02 Å². The molecule has 2 aromatic rings. The van der Waals surface area contributed by atoms with Gasteiger partial charge >= 0.3 is 0 Å². The van der Waals surface area contributed by atoms with Crippen molar-refractivity contribution in [2.75, 3.05) is 5.01 Å². The highest BCUT2D eigenvalue weighted by Crippen LogP contribution is 2.54. The van der Waals surface area contributed by atoms with E-state index >= 15 is 0 Å². The number of hydrogen-bond acceptors (Lipinski definition) is 5. The van der Waals surface area contributed by atoms with Crippen molar-refractivity contribution in [2.45, 2.75) is 18.2 Å². The second-order valence-corrected chi connectivity index (χ2v) is 5.98. The summed E-state index contributed by atoms with van der Waals surface area (Å²) in [6.07, 6.45) is 0. The summed E-state index contributed by atoms with van der Waals surface area (Å²) in [6.45, 7) is 1.59. The maximum absolute atomic E-state index is 12.7. The first-order valence-corrected chi connectivity index (χ1v) is 7.22. The molecular weight excluding hydrogens is 302 g/mol. The smallest absolute Gasteiger partial charge is 0.221 e. The van der Waals surface area contributed by atoms with Gasteiger partial charge in [-0.25, -0.2) is 5.01 Å². The number of para-hydroxylation sites is 1. The van der Waals surface area contributed by atoms with Crippen molar-refractivity contribution < 1.29 is 9.90 Å². The van der Waals surface area contributed by atoms with Gasteiger partial charge in [-0.1, -0.05) is 53.2 Å². The summed E-state index contributed by atoms with van der Waals surface area (Å²) in [5.41, 5.74) is -1.60. The number of carbonyl (C=O) groups is 1. The summed E-state index contributed by atoms with van der Waals surface area (Å²) < 4.78 is 0. The van der Waals surface area contributed by atoms with Gasteiger partial charge in [0.1, 0.15) is 0 Å². The third kappa shape index (κ3) is 1.35. The number of nitrogens with zero attached hydrogens (tertiary/aromatic N) is 3. The van der Waals surface area contributed by atoms with E-state index in [0.29, 0.717) is 21.8 Å². The largest absolute Gasteiger partial charge is 0.363 e. The molecule has 110 valence electrons. The Balaban J connectivity index is 1.98. The fraction of sp³-hybridized carbons (Fsp3) is 0.188. The third-order valence-corrected chi connectivity index (χ3v) is 4.71. The lowest BCUT2D eigenvalue weighted by Gasteiger charge is -2.35. The van der Waals surface area contributed by atoms with Crippen LogP contribution >= 0.6 is 11.6 Å². The van der Waals surface area contributed by atoms with Gasteiger partial charge in [0.25, 0.3) is 0 Å². The average molecular weight is 314 g/mol. The van der Waals surface area contributed by atoms with Crippen LogP contribution in [0, 0.1) is 0 Å². The molecular formula is C16H12ClN3O2. The van der Waals surface area contributed by atoms with E-state index in [9.17, 15) is 9.90 Å². The van der Waals surface area contributed by atoms with Gasteiger partial charge in [-0.05, 0) is 19.1 Å². The van der Waals surface area contributed by atoms with Crippen molar-refractivity contribution in [2.24, 2.45) is 10.3 Å². The monoisotopic (exact) mass is 313 g/mol. The number of benzene rings is 2. The Hall–Kier alpha value is -2.24. The topological polar surface area (TPSA) is 65.3 Å². The lowest BCUT2D eigenvalue weighted by molar-refractivity contribution is 0.000902. The van der Waals surface area contributed by atoms with Gasteiger partial charge in [0.2, 0.25) is 5.72 Å². The zero-order valence-electron chi connectivity index (χ0n) is 11.7. The number of ketones is 1. The minimum atomic E-state index is -1.67. The van der Waals surface area contributed by atoms with Crippen LogP contribution in [0.3, 0.4) is 0 Å². The van der Waals surface area contributed by atoms with E-state index in [4.69, 9.17) is 11.6 Å². The lowest BCUT2D eigenvalue weighted by atomic mass is 9.89. The molecule has 0 aromatic heterocycles. The molecule has 1 N–H and O–H groups in total. The second kappa shape index (κ2) is 4.15. The molecule has 0 saturated carbocycles. The number of Topliss-reactive ketones (excluding diaryl/α,β-unsaturated/α-hetero) is 1. The van der Waals surface area contributed by atoms with Gasteiger partial charge in [-0.3, -0.25) is 4.79 Å². The first-order chi connectivity index (χ1) is 10.5. The molecule has 6 heteroatoms.